The highest BCUT2D eigenvalue weighted by atomic mass is 16.5. The largest absolute Gasteiger partial charge is 0.457 e. The molecule has 200 valence electrons. The van der Waals surface area contributed by atoms with Gasteiger partial charge in [0.2, 0.25) is 0 Å². The van der Waals surface area contributed by atoms with Crippen molar-refractivity contribution in [1.29, 1.82) is 0 Å². The SMILES string of the molecule is Cc1cc(Nc2ncnc3ccn(CCOCCO)c23)ccc1Oc1cccc(NC(=O)NC(C)(C)C)c1. The van der Waals surface area contributed by atoms with Crippen LogP contribution in [0.3, 0.4) is 0 Å². The van der Waals surface area contributed by atoms with E-state index < -0.39 is 0 Å². The second-order valence-electron chi connectivity index (χ2n) is 9.87. The Kier molecular flexibility index (Phi) is 8.45. The summed E-state index contributed by atoms with van der Waals surface area (Å²) in [5.41, 5.74) is 3.78. The molecule has 0 aliphatic rings. The zero-order valence-corrected chi connectivity index (χ0v) is 22.1. The molecule has 2 amide bonds. The predicted octanol–water partition coefficient (Wildman–Crippen LogP) is 5.20. The number of aliphatic hydroxyl groups excluding tert-OH is 1. The van der Waals surface area contributed by atoms with Gasteiger partial charge in [-0.05, 0) is 69.7 Å². The minimum atomic E-state index is -0.333. The fourth-order valence-electron chi connectivity index (χ4n) is 3.89. The number of hydrogen-bond acceptors (Lipinski definition) is 7. The molecule has 0 aliphatic heterocycles. The van der Waals surface area contributed by atoms with Gasteiger partial charge < -0.3 is 35.1 Å². The maximum absolute atomic E-state index is 12.2. The van der Waals surface area contributed by atoms with Gasteiger partial charge in [0.1, 0.15) is 23.3 Å². The average molecular weight is 519 g/mol. The topological polar surface area (TPSA) is 123 Å². The highest BCUT2D eigenvalue weighted by molar-refractivity contribution is 5.90. The molecule has 4 N–H and O–H groups in total. The van der Waals surface area contributed by atoms with Gasteiger partial charge in [-0.2, -0.15) is 0 Å². The maximum Gasteiger partial charge on any atom is 0.319 e. The molecule has 0 spiro atoms. The van der Waals surface area contributed by atoms with E-state index in [9.17, 15) is 4.79 Å². The van der Waals surface area contributed by atoms with Crippen LogP contribution in [0.4, 0.5) is 22.0 Å². The molecule has 0 bridgehead atoms. The third-order valence-corrected chi connectivity index (χ3v) is 5.51. The molecule has 0 unspecified atom stereocenters. The first-order valence-electron chi connectivity index (χ1n) is 12.4. The fourth-order valence-corrected chi connectivity index (χ4v) is 3.89. The van der Waals surface area contributed by atoms with Crippen molar-refractivity contribution in [3.63, 3.8) is 0 Å². The van der Waals surface area contributed by atoms with Gasteiger partial charge in [-0.3, -0.25) is 0 Å². The van der Waals surface area contributed by atoms with Crippen LogP contribution >= 0.6 is 0 Å². The van der Waals surface area contributed by atoms with Crippen molar-refractivity contribution in [1.82, 2.24) is 19.9 Å². The van der Waals surface area contributed by atoms with Gasteiger partial charge in [-0.1, -0.05) is 6.07 Å². The van der Waals surface area contributed by atoms with Gasteiger partial charge in [0.05, 0.1) is 25.3 Å². The molecule has 2 heterocycles. The molecular weight excluding hydrogens is 484 g/mol. The molecule has 2 aromatic heterocycles. The number of carbonyl (C=O) groups is 1. The third-order valence-electron chi connectivity index (χ3n) is 5.51. The van der Waals surface area contributed by atoms with E-state index in [0.29, 0.717) is 42.8 Å². The number of fused-ring (bicyclic) bond motifs is 1. The number of nitrogens with zero attached hydrogens (tertiary/aromatic N) is 3. The molecule has 0 fully saturated rings. The minimum absolute atomic E-state index is 0.00166. The Hall–Kier alpha value is -4.15. The smallest absolute Gasteiger partial charge is 0.319 e. The van der Waals surface area contributed by atoms with E-state index >= 15 is 0 Å². The summed E-state index contributed by atoms with van der Waals surface area (Å²) in [7, 11) is 0. The lowest BCUT2D eigenvalue weighted by Gasteiger charge is -2.21. The van der Waals surface area contributed by atoms with Gasteiger partial charge in [-0.25, -0.2) is 14.8 Å². The van der Waals surface area contributed by atoms with Crippen LogP contribution in [-0.2, 0) is 11.3 Å². The zero-order chi connectivity index (χ0) is 27.1. The van der Waals surface area contributed by atoms with Crippen LogP contribution in [0.5, 0.6) is 11.5 Å². The van der Waals surface area contributed by atoms with Gasteiger partial charge in [0.25, 0.3) is 0 Å². The van der Waals surface area contributed by atoms with E-state index in [1.165, 1.54) is 6.33 Å². The second kappa shape index (κ2) is 11.9. The Morgan fingerprint density at radius 1 is 1.05 bits per heavy atom. The van der Waals surface area contributed by atoms with Crippen molar-refractivity contribution in [2.45, 2.75) is 39.8 Å². The van der Waals surface area contributed by atoms with Crippen molar-refractivity contribution >= 4 is 34.3 Å². The molecule has 2 aromatic carbocycles. The highest BCUT2D eigenvalue weighted by Gasteiger charge is 2.14. The summed E-state index contributed by atoms with van der Waals surface area (Å²) in [6, 6.07) is 14.7. The summed E-state index contributed by atoms with van der Waals surface area (Å²) < 4.78 is 13.6. The van der Waals surface area contributed by atoms with Gasteiger partial charge in [0.15, 0.2) is 5.82 Å². The Bertz CT molecular complexity index is 1400. The summed E-state index contributed by atoms with van der Waals surface area (Å²) >= 11 is 0. The van der Waals surface area contributed by atoms with E-state index in [1.807, 2.05) is 80.9 Å². The number of carbonyl (C=O) groups excluding carboxylic acids is 1. The first-order valence-corrected chi connectivity index (χ1v) is 12.4. The molecule has 10 nitrogen and oxygen atoms in total. The lowest BCUT2D eigenvalue weighted by Crippen LogP contribution is -2.43. The van der Waals surface area contributed by atoms with Crippen LogP contribution < -0.4 is 20.7 Å². The van der Waals surface area contributed by atoms with E-state index in [-0.39, 0.29) is 18.2 Å². The molecule has 38 heavy (non-hydrogen) atoms. The summed E-state index contributed by atoms with van der Waals surface area (Å²) in [5, 5.41) is 18.0. The first kappa shape index (κ1) is 26.9. The average Bonchev–Trinajstić information content (AvgIpc) is 3.27. The number of aromatic nitrogens is 3. The summed E-state index contributed by atoms with van der Waals surface area (Å²) in [6.07, 6.45) is 3.48. The van der Waals surface area contributed by atoms with Crippen LogP contribution in [0.25, 0.3) is 11.0 Å². The molecule has 0 atom stereocenters. The van der Waals surface area contributed by atoms with Crippen LogP contribution in [0.2, 0.25) is 0 Å². The summed E-state index contributed by atoms with van der Waals surface area (Å²) in [5.74, 6) is 1.99. The van der Waals surface area contributed by atoms with Gasteiger partial charge >= 0.3 is 6.03 Å². The number of nitrogens with one attached hydrogen (secondary N) is 3. The van der Waals surface area contributed by atoms with Crippen molar-refractivity contribution in [3.8, 4) is 11.5 Å². The number of hydrogen-bond donors (Lipinski definition) is 4. The molecule has 10 heteroatoms. The minimum Gasteiger partial charge on any atom is -0.457 e. The Labute approximate surface area is 222 Å². The Morgan fingerprint density at radius 3 is 2.66 bits per heavy atom. The highest BCUT2D eigenvalue weighted by Crippen LogP contribution is 2.31. The van der Waals surface area contributed by atoms with Crippen LogP contribution in [0.15, 0.2) is 61.1 Å². The van der Waals surface area contributed by atoms with E-state index in [4.69, 9.17) is 14.6 Å². The van der Waals surface area contributed by atoms with Gasteiger partial charge in [0, 0.05) is 35.7 Å². The zero-order valence-electron chi connectivity index (χ0n) is 22.1. The molecular formula is C28H34N6O4. The maximum atomic E-state index is 12.2. The number of aryl methyl sites for hydroxylation is 1. The van der Waals surface area contributed by atoms with Crippen molar-refractivity contribution < 1.29 is 19.4 Å². The monoisotopic (exact) mass is 518 g/mol. The molecule has 4 aromatic rings. The number of rotatable bonds is 10. The van der Waals surface area contributed by atoms with E-state index in [2.05, 4.69) is 25.9 Å². The van der Waals surface area contributed by atoms with Crippen molar-refractivity contribution in [3.05, 3.63) is 66.6 Å². The first-order chi connectivity index (χ1) is 18.2. The molecule has 0 aliphatic carbocycles. The van der Waals surface area contributed by atoms with E-state index in [1.54, 1.807) is 6.07 Å². The summed E-state index contributed by atoms with van der Waals surface area (Å²) in [4.78, 5) is 21.0. The number of urea groups is 1. The molecule has 0 saturated carbocycles. The third kappa shape index (κ3) is 7.21. The van der Waals surface area contributed by atoms with Crippen LogP contribution in [0, 0.1) is 6.92 Å². The predicted molar refractivity (Wildman–Crippen MR) is 148 cm³/mol. The summed E-state index contributed by atoms with van der Waals surface area (Å²) in [6.45, 7) is 9.14. The van der Waals surface area contributed by atoms with Crippen LogP contribution in [-0.4, -0.2) is 51.0 Å². The standard InChI is InChI=1S/C28H34N6O4/c1-19-16-21(31-26-25-23(29-18-30-26)10-11-34(25)12-14-37-15-13-35)8-9-24(19)38-22-7-5-6-20(17-22)32-27(36)33-28(2,3)4/h5-11,16-18,35H,12-15H2,1-4H3,(H,29,30,31)(H2,32,33,36). The quantitative estimate of drug-likeness (QED) is 0.213. The fraction of sp³-hybridized carbons (Fsp3) is 0.321. The number of anilines is 3. The second-order valence-corrected chi connectivity index (χ2v) is 9.87. The van der Waals surface area contributed by atoms with Gasteiger partial charge in [-0.15, -0.1) is 0 Å². The molecule has 0 radical (unpaired) electrons. The van der Waals surface area contributed by atoms with Crippen molar-refractivity contribution in [2.24, 2.45) is 0 Å². The number of aliphatic hydroxyl groups is 1. The van der Waals surface area contributed by atoms with Crippen molar-refractivity contribution in [2.75, 3.05) is 30.5 Å². The number of benzene rings is 2. The molecule has 4 rings (SSSR count). The van der Waals surface area contributed by atoms with Crippen LogP contribution in [0.1, 0.15) is 26.3 Å². The normalized spacial score (nSPS) is 11.4. The Morgan fingerprint density at radius 2 is 1.89 bits per heavy atom. The number of ether oxygens (including phenoxy) is 2. The Balaban J connectivity index is 1.46. The lowest BCUT2D eigenvalue weighted by molar-refractivity contribution is 0.0875. The van der Waals surface area contributed by atoms with E-state index in [0.717, 1.165) is 22.3 Å². The lowest BCUT2D eigenvalue weighted by atomic mass is 10.1. The number of amides is 2. The molecule has 0 saturated heterocycles.